The number of rotatable bonds is 5. The molecule has 36 heavy (non-hydrogen) atoms. The Morgan fingerprint density at radius 3 is 2.39 bits per heavy atom. The number of alkyl halides is 3. The molecule has 2 aromatic heterocycles. The van der Waals surface area contributed by atoms with Crippen molar-refractivity contribution >= 4 is 44.1 Å². The minimum atomic E-state index is -4.71. The van der Waals surface area contributed by atoms with Crippen LogP contribution in [0.15, 0.2) is 53.7 Å². The minimum Gasteiger partial charge on any atom is -0.345 e. The van der Waals surface area contributed by atoms with Crippen LogP contribution < -0.4 is 4.72 Å². The number of ketones is 1. The van der Waals surface area contributed by atoms with Gasteiger partial charge in [0, 0.05) is 17.8 Å². The number of H-pyrrole nitrogens is 1. The number of benzene rings is 2. The molecule has 0 saturated carbocycles. The molecule has 0 fully saturated rings. The van der Waals surface area contributed by atoms with Gasteiger partial charge in [-0.25, -0.2) is 22.2 Å². The number of aromatic amines is 1. The molecule has 4 rings (SSSR count). The highest BCUT2D eigenvalue weighted by Crippen LogP contribution is 2.32. The molecule has 0 aliphatic rings. The molecule has 0 saturated heterocycles. The fraction of sp³-hybridized carbons (Fsp3) is 0.0455. The van der Waals surface area contributed by atoms with Gasteiger partial charge in [-0.1, -0.05) is 11.6 Å². The van der Waals surface area contributed by atoms with Crippen LogP contribution in [-0.4, -0.2) is 24.2 Å². The highest BCUT2D eigenvalue weighted by Gasteiger charge is 2.31. The lowest BCUT2D eigenvalue weighted by Gasteiger charge is -2.13. The molecule has 0 bridgehead atoms. The Bertz CT molecular complexity index is 1680. The second-order valence-electron chi connectivity index (χ2n) is 7.26. The predicted molar refractivity (Wildman–Crippen MR) is 118 cm³/mol. The number of nitriles is 1. The van der Waals surface area contributed by atoms with Gasteiger partial charge < -0.3 is 4.98 Å². The summed E-state index contributed by atoms with van der Waals surface area (Å²) >= 11 is 5.94. The zero-order valence-corrected chi connectivity index (χ0v) is 19.0. The Hall–Kier alpha value is -4.02. The van der Waals surface area contributed by atoms with E-state index in [2.05, 4.69) is 9.97 Å². The first kappa shape index (κ1) is 25.1. The summed E-state index contributed by atoms with van der Waals surface area (Å²) in [5.41, 5.74) is -3.57. The van der Waals surface area contributed by atoms with Crippen LogP contribution in [0.25, 0.3) is 11.0 Å². The van der Waals surface area contributed by atoms with Crippen LogP contribution in [0.4, 0.5) is 27.6 Å². The molecule has 0 amide bonds. The number of carbonyl (C=O) groups excluding carboxylic acids is 1. The number of sulfonamides is 1. The zero-order chi connectivity index (χ0) is 26.4. The lowest BCUT2D eigenvalue weighted by atomic mass is 9.99. The molecular weight excluding hydrogens is 531 g/mol. The number of hydrogen-bond acceptors (Lipinski definition) is 5. The van der Waals surface area contributed by atoms with E-state index in [1.807, 2.05) is 0 Å². The number of anilines is 1. The van der Waals surface area contributed by atoms with E-state index in [0.717, 1.165) is 12.4 Å². The summed E-state index contributed by atoms with van der Waals surface area (Å²) in [5.74, 6) is -4.16. The zero-order valence-electron chi connectivity index (χ0n) is 17.4. The second kappa shape index (κ2) is 8.89. The summed E-state index contributed by atoms with van der Waals surface area (Å²) in [6, 6.07) is 5.47. The van der Waals surface area contributed by atoms with Crippen LogP contribution in [0.3, 0.4) is 0 Å². The molecule has 0 spiro atoms. The average Bonchev–Trinajstić information content (AvgIpc) is 3.24. The second-order valence-corrected chi connectivity index (χ2v) is 9.35. The molecule has 14 heteroatoms. The van der Waals surface area contributed by atoms with Crippen LogP contribution in [0.1, 0.15) is 27.0 Å². The van der Waals surface area contributed by atoms with Crippen molar-refractivity contribution in [3.63, 3.8) is 0 Å². The van der Waals surface area contributed by atoms with Crippen LogP contribution in [-0.2, 0) is 16.2 Å². The molecule has 2 heterocycles. The van der Waals surface area contributed by atoms with E-state index >= 15 is 4.39 Å². The van der Waals surface area contributed by atoms with E-state index in [1.54, 1.807) is 10.8 Å². The standard InChI is InChI=1S/C22H10ClF5N4O3S/c23-14-9-31-21-17(12(14)7-29)13(8-30-21)20(33)18-15(24)5-6-16(19(18)25)32-36(34,35)11-3-1-10(2-4-11)22(26,27)28/h1-6,8-9,32H,(H,30,31). The van der Waals surface area contributed by atoms with Crippen molar-refractivity contribution < 1.29 is 35.2 Å². The van der Waals surface area contributed by atoms with Gasteiger partial charge in [0.05, 0.1) is 37.9 Å². The molecule has 4 aromatic rings. The van der Waals surface area contributed by atoms with Crippen molar-refractivity contribution in [3.8, 4) is 6.07 Å². The Labute approximate surface area is 204 Å². The van der Waals surface area contributed by atoms with E-state index in [4.69, 9.17) is 11.6 Å². The van der Waals surface area contributed by atoms with E-state index in [1.165, 1.54) is 0 Å². The molecule has 0 atom stereocenters. The number of nitrogens with zero attached hydrogens (tertiary/aromatic N) is 2. The van der Waals surface area contributed by atoms with Crippen molar-refractivity contribution in [3.05, 3.63) is 87.7 Å². The van der Waals surface area contributed by atoms with Gasteiger partial charge in [0.2, 0.25) is 5.78 Å². The Morgan fingerprint density at radius 2 is 1.78 bits per heavy atom. The number of halogens is 6. The normalized spacial score (nSPS) is 11.9. The Balaban J connectivity index is 1.75. The SMILES string of the molecule is N#Cc1c(Cl)cnc2[nH]cc(C(=O)c3c(F)ccc(NS(=O)(=O)c4ccc(C(F)(F)F)cc4)c3F)c12. The number of aromatic nitrogens is 2. The van der Waals surface area contributed by atoms with E-state index in [0.29, 0.717) is 36.4 Å². The van der Waals surface area contributed by atoms with Crippen LogP contribution in [0.5, 0.6) is 0 Å². The first-order valence-electron chi connectivity index (χ1n) is 9.63. The maximum absolute atomic E-state index is 15.3. The van der Waals surface area contributed by atoms with Crippen LogP contribution >= 0.6 is 11.6 Å². The molecule has 2 aromatic carbocycles. The van der Waals surface area contributed by atoms with Gasteiger partial charge in [-0.15, -0.1) is 0 Å². The van der Waals surface area contributed by atoms with Gasteiger partial charge in [0.25, 0.3) is 10.0 Å². The summed E-state index contributed by atoms with van der Waals surface area (Å²) in [5, 5.41) is 9.18. The lowest BCUT2D eigenvalue weighted by Crippen LogP contribution is -2.17. The lowest BCUT2D eigenvalue weighted by molar-refractivity contribution is -0.137. The molecular formula is C22H10ClF5N4O3S. The first-order valence-corrected chi connectivity index (χ1v) is 11.5. The Kier molecular flexibility index (Phi) is 6.19. The van der Waals surface area contributed by atoms with Gasteiger partial charge in [-0.2, -0.15) is 18.4 Å². The first-order chi connectivity index (χ1) is 16.8. The molecule has 0 aliphatic carbocycles. The Morgan fingerprint density at radius 1 is 1.11 bits per heavy atom. The van der Waals surface area contributed by atoms with Crippen LogP contribution in [0.2, 0.25) is 5.02 Å². The number of hydrogen-bond donors (Lipinski definition) is 2. The van der Waals surface area contributed by atoms with E-state index < -0.39 is 55.3 Å². The third kappa shape index (κ3) is 4.36. The summed E-state index contributed by atoms with van der Waals surface area (Å²) in [7, 11) is -4.63. The monoisotopic (exact) mass is 540 g/mol. The largest absolute Gasteiger partial charge is 0.416 e. The van der Waals surface area contributed by atoms with Gasteiger partial charge >= 0.3 is 6.18 Å². The predicted octanol–water partition coefficient (Wildman–Crippen LogP) is 5.42. The molecule has 2 N–H and O–H groups in total. The molecule has 0 unspecified atom stereocenters. The summed E-state index contributed by atoms with van der Waals surface area (Å²) in [6.45, 7) is 0. The smallest absolute Gasteiger partial charge is 0.345 e. The quantitative estimate of drug-likeness (QED) is 0.259. The third-order valence-corrected chi connectivity index (χ3v) is 6.73. The highest BCUT2D eigenvalue weighted by molar-refractivity contribution is 7.92. The molecule has 0 radical (unpaired) electrons. The minimum absolute atomic E-state index is 0.0410. The summed E-state index contributed by atoms with van der Waals surface area (Å²) in [4.78, 5) is 19.0. The van der Waals surface area contributed by atoms with Crippen molar-refractivity contribution in [2.45, 2.75) is 11.1 Å². The molecule has 184 valence electrons. The van der Waals surface area contributed by atoms with Gasteiger partial charge in [0.1, 0.15) is 17.5 Å². The number of fused-ring (bicyclic) bond motifs is 1. The van der Waals surface area contributed by atoms with Gasteiger partial charge in [-0.3, -0.25) is 9.52 Å². The highest BCUT2D eigenvalue weighted by atomic mass is 35.5. The number of nitrogens with one attached hydrogen (secondary N) is 2. The van der Waals surface area contributed by atoms with Crippen molar-refractivity contribution in [2.75, 3.05) is 4.72 Å². The van der Waals surface area contributed by atoms with E-state index in [9.17, 15) is 36.0 Å². The molecule has 0 aliphatic heterocycles. The summed E-state index contributed by atoms with van der Waals surface area (Å²) < 4.78 is 95.1. The topological polar surface area (TPSA) is 116 Å². The fourth-order valence-electron chi connectivity index (χ4n) is 3.36. The average molecular weight is 541 g/mol. The van der Waals surface area contributed by atoms with Crippen LogP contribution in [0, 0.1) is 23.0 Å². The maximum atomic E-state index is 15.3. The van der Waals surface area contributed by atoms with E-state index in [-0.39, 0.29) is 27.2 Å². The molecule has 7 nitrogen and oxygen atoms in total. The van der Waals surface area contributed by atoms with Crippen molar-refractivity contribution in [2.24, 2.45) is 0 Å². The maximum Gasteiger partial charge on any atom is 0.416 e. The third-order valence-electron chi connectivity index (χ3n) is 5.07. The summed E-state index contributed by atoms with van der Waals surface area (Å²) in [6.07, 6.45) is -2.50. The van der Waals surface area contributed by atoms with Gasteiger partial charge in [0.15, 0.2) is 5.82 Å². The number of carbonyl (C=O) groups is 1. The fourth-order valence-corrected chi connectivity index (χ4v) is 4.61. The van der Waals surface area contributed by atoms with Crippen molar-refractivity contribution in [1.82, 2.24) is 9.97 Å². The number of pyridine rings is 1. The van der Waals surface area contributed by atoms with Crippen molar-refractivity contribution in [1.29, 1.82) is 5.26 Å². The van der Waals surface area contributed by atoms with Gasteiger partial charge in [-0.05, 0) is 36.4 Å².